The van der Waals surface area contributed by atoms with Crippen molar-refractivity contribution >= 4 is 20.8 Å². The van der Waals surface area contributed by atoms with Gasteiger partial charge >= 0.3 is 0 Å². The first-order valence-corrected chi connectivity index (χ1v) is 4.42. The van der Waals surface area contributed by atoms with E-state index in [1.807, 2.05) is 10.3 Å². The van der Waals surface area contributed by atoms with Crippen molar-refractivity contribution < 1.29 is 0 Å². The molecule has 6 radical (unpaired) electrons. The molecular formula is C8H9NSi2. The Kier molecular flexibility index (Phi) is 3.55. The number of benzene rings is 1. The average molecular weight is 175 g/mol. The van der Waals surface area contributed by atoms with Crippen LogP contribution in [0.15, 0.2) is 30.3 Å². The SMILES string of the molecule is [Si]N([Si])CCc1ccccc1. The van der Waals surface area contributed by atoms with Crippen LogP contribution in [0.5, 0.6) is 0 Å². The number of hydrogen-bond donors (Lipinski definition) is 0. The molecule has 0 saturated heterocycles. The molecule has 0 aliphatic carbocycles. The van der Waals surface area contributed by atoms with Crippen molar-refractivity contribution in [2.45, 2.75) is 6.42 Å². The van der Waals surface area contributed by atoms with Crippen LogP contribution in [0, 0.1) is 0 Å². The van der Waals surface area contributed by atoms with E-state index in [2.05, 4.69) is 45.1 Å². The molecule has 0 aliphatic rings. The molecule has 0 atom stereocenters. The number of nitrogens with zero attached hydrogens (tertiary/aromatic N) is 1. The van der Waals surface area contributed by atoms with Gasteiger partial charge in [0.2, 0.25) is 0 Å². The molecule has 0 heterocycles. The Hall–Kier alpha value is -0.386. The molecule has 0 saturated carbocycles. The second kappa shape index (κ2) is 4.48. The highest BCUT2D eigenvalue weighted by Gasteiger charge is 1.92. The van der Waals surface area contributed by atoms with Crippen LogP contribution in [-0.4, -0.2) is 31.6 Å². The van der Waals surface area contributed by atoms with Gasteiger partial charge in [-0.2, -0.15) is 0 Å². The van der Waals surface area contributed by atoms with E-state index in [0.717, 1.165) is 13.0 Å². The Morgan fingerprint density at radius 1 is 1.09 bits per heavy atom. The Morgan fingerprint density at radius 2 is 1.73 bits per heavy atom. The summed E-state index contributed by atoms with van der Waals surface area (Å²) in [4.78, 5) is 0. The van der Waals surface area contributed by atoms with Gasteiger partial charge in [0.1, 0.15) is 20.8 Å². The van der Waals surface area contributed by atoms with Crippen molar-refractivity contribution in [2.24, 2.45) is 0 Å². The third-order valence-corrected chi connectivity index (χ3v) is 1.91. The van der Waals surface area contributed by atoms with Gasteiger partial charge in [0.05, 0.1) is 0 Å². The van der Waals surface area contributed by atoms with Crippen LogP contribution in [0.25, 0.3) is 0 Å². The summed E-state index contributed by atoms with van der Waals surface area (Å²) in [7, 11) is 6.65. The molecule has 0 fully saturated rings. The topological polar surface area (TPSA) is 3.24 Å². The van der Waals surface area contributed by atoms with E-state index < -0.39 is 0 Å². The Morgan fingerprint density at radius 3 is 2.27 bits per heavy atom. The highest BCUT2D eigenvalue weighted by Crippen LogP contribution is 1.98. The first-order valence-electron chi connectivity index (χ1n) is 3.53. The quantitative estimate of drug-likeness (QED) is 0.611. The lowest BCUT2D eigenvalue weighted by molar-refractivity contribution is 0.690. The monoisotopic (exact) mass is 175 g/mol. The molecule has 1 nitrogen and oxygen atoms in total. The van der Waals surface area contributed by atoms with E-state index in [0.29, 0.717) is 0 Å². The lowest BCUT2D eigenvalue weighted by Crippen LogP contribution is -2.18. The molecular weight excluding hydrogens is 166 g/mol. The van der Waals surface area contributed by atoms with E-state index in [-0.39, 0.29) is 0 Å². The van der Waals surface area contributed by atoms with Crippen LogP contribution in [0.4, 0.5) is 0 Å². The van der Waals surface area contributed by atoms with Crippen LogP contribution in [0.2, 0.25) is 0 Å². The minimum Gasteiger partial charge on any atom is -0.352 e. The van der Waals surface area contributed by atoms with Gasteiger partial charge in [-0.25, -0.2) is 0 Å². The van der Waals surface area contributed by atoms with Crippen LogP contribution in [-0.2, 0) is 6.42 Å². The maximum Gasteiger partial charge on any atom is 0.135 e. The summed E-state index contributed by atoms with van der Waals surface area (Å²) in [5.41, 5.74) is 1.36. The molecule has 1 aromatic carbocycles. The van der Waals surface area contributed by atoms with E-state index in [1.54, 1.807) is 0 Å². The van der Waals surface area contributed by atoms with E-state index in [1.165, 1.54) is 5.56 Å². The summed E-state index contributed by atoms with van der Waals surface area (Å²) in [6.07, 6.45) is 1.05. The Balaban J connectivity index is 2.39. The van der Waals surface area contributed by atoms with Crippen molar-refractivity contribution in [3.63, 3.8) is 0 Å². The second-order valence-electron chi connectivity index (χ2n) is 2.39. The van der Waals surface area contributed by atoms with Gasteiger partial charge in [-0.15, -0.1) is 0 Å². The fraction of sp³-hybridized carbons (Fsp3) is 0.250. The summed E-state index contributed by atoms with van der Waals surface area (Å²) in [5.74, 6) is 0. The van der Waals surface area contributed by atoms with Crippen LogP contribution < -0.4 is 0 Å². The summed E-state index contributed by atoms with van der Waals surface area (Å²) >= 11 is 0. The molecule has 0 N–H and O–H groups in total. The average Bonchev–Trinajstić information content (AvgIpc) is 2.03. The second-order valence-corrected chi connectivity index (χ2v) is 3.91. The zero-order chi connectivity index (χ0) is 8.10. The highest BCUT2D eigenvalue weighted by molar-refractivity contribution is 6.24. The third kappa shape index (κ3) is 3.50. The van der Waals surface area contributed by atoms with E-state index >= 15 is 0 Å². The summed E-state index contributed by atoms with van der Waals surface area (Å²) in [5, 5.41) is 0. The molecule has 11 heavy (non-hydrogen) atoms. The maximum atomic E-state index is 3.33. The van der Waals surface area contributed by atoms with Gasteiger partial charge in [-0.1, -0.05) is 30.3 Å². The number of hydrogen-bond acceptors (Lipinski definition) is 1. The summed E-state index contributed by atoms with van der Waals surface area (Å²) < 4.78 is 1.81. The first-order chi connectivity index (χ1) is 5.29. The van der Waals surface area contributed by atoms with Gasteiger partial charge < -0.3 is 4.23 Å². The molecule has 3 heteroatoms. The molecule has 0 aromatic heterocycles. The lowest BCUT2D eigenvalue weighted by Gasteiger charge is -2.07. The highest BCUT2D eigenvalue weighted by atomic mass is 28.2. The largest absolute Gasteiger partial charge is 0.352 e. The standard InChI is InChI=1S/C8H9NSi2/c10-9(11)7-6-8-4-2-1-3-5-8/h1-5H,6-7H2. The zero-order valence-electron chi connectivity index (χ0n) is 6.25. The van der Waals surface area contributed by atoms with E-state index in [4.69, 9.17) is 0 Å². The molecule has 0 bridgehead atoms. The normalized spacial score (nSPS) is 10.5. The predicted octanol–water partition coefficient (Wildman–Crippen LogP) is 0.698. The van der Waals surface area contributed by atoms with Crippen molar-refractivity contribution in [3.8, 4) is 0 Å². The third-order valence-electron chi connectivity index (χ3n) is 1.47. The van der Waals surface area contributed by atoms with Gasteiger partial charge in [-0.05, 0) is 18.5 Å². The molecule has 0 aliphatic heterocycles. The van der Waals surface area contributed by atoms with Crippen molar-refractivity contribution in [2.75, 3.05) is 6.54 Å². The molecule has 54 valence electrons. The van der Waals surface area contributed by atoms with Gasteiger partial charge in [-0.3, -0.25) is 0 Å². The first kappa shape index (κ1) is 8.71. The van der Waals surface area contributed by atoms with Gasteiger partial charge in [0, 0.05) is 0 Å². The molecule has 0 spiro atoms. The van der Waals surface area contributed by atoms with Crippen molar-refractivity contribution in [3.05, 3.63) is 35.9 Å². The van der Waals surface area contributed by atoms with Crippen LogP contribution in [0.1, 0.15) is 5.56 Å². The van der Waals surface area contributed by atoms with Gasteiger partial charge in [0.25, 0.3) is 0 Å². The van der Waals surface area contributed by atoms with Crippen molar-refractivity contribution in [1.29, 1.82) is 0 Å². The lowest BCUT2D eigenvalue weighted by atomic mass is 10.2. The van der Waals surface area contributed by atoms with Gasteiger partial charge in [0.15, 0.2) is 0 Å². The predicted molar refractivity (Wildman–Crippen MR) is 48.4 cm³/mol. The van der Waals surface area contributed by atoms with Crippen LogP contribution >= 0.6 is 0 Å². The maximum absolute atomic E-state index is 3.33. The van der Waals surface area contributed by atoms with E-state index in [9.17, 15) is 0 Å². The summed E-state index contributed by atoms with van der Waals surface area (Å²) in [6.45, 7) is 0.956. The fourth-order valence-corrected chi connectivity index (χ4v) is 1.11. The smallest absolute Gasteiger partial charge is 0.135 e. The molecule has 0 unspecified atom stereocenters. The van der Waals surface area contributed by atoms with Crippen molar-refractivity contribution in [1.82, 2.24) is 4.23 Å². The molecule has 1 rings (SSSR count). The Labute approximate surface area is 74.4 Å². The minimum absolute atomic E-state index is 0.956. The summed E-state index contributed by atoms with van der Waals surface area (Å²) in [6, 6.07) is 10.4. The van der Waals surface area contributed by atoms with Crippen LogP contribution in [0.3, 0.4) is 0 Å². The minimum atomic E-state index is 0.956. The zero-order valence-corrected chi connectivity index (χ0v) is 8.25. The fourth-order valence-electron chi connectivity index (χ4n) is 0.886. The number of rotatable bonds is 3. The molecule has 1 aromatic rings. The molecule has 0 amide bonds. The Bertz CT molecular complexity index is 199.